The largest absolute Gasteiger partial charge is 0.387 e. The van der Waals surface area contributed by atoms with Gasteiger partial charge in [0.05, 0.1) is 6.33 Å². The molecule has 3 aromatic rings. The highest BCUT2D eigenvalue weighted by Gasteiger charge is 2.48. The van der Waals surface area contributed by atoms with Crippen LogP contribution in [0, 0.1) is 0 Å². The highest BCUT2D eigenvalue weighted by molar-refractivity contribution is 6.28. The predicted molar refractivity (Wildman–Crippen MR) is 109 cm³/mol. The first-order chi connectivity index (χ1) is 15.0. The summed E-state index contributed by atoms with van der Waals surface area (Å²) in [5, 5.41) is 28.6. The first-order valence-corrected chi connectivity index (χ1v) is 10.9. The molecule has 5 rings (SSSR count). The molecule has 3 N–H and O–H groups in total. The zero-order chi connectivity index (χ0) is 21.7. The molecule has 1 saturated carbocycles. The Kier molecular flexibility index (Phi) is 5.29. The zero-order valence-electron chi connectivity index (χ0n) is 17.1. The van der Waals surface area contributed by atoms with Crippen molar-refractivity contribution in [1.29, 1.82) is 0 Å². The molecule has 31 heavy (non-hydrogen) atoms. The fraction of sp³-hybridized carbons (Fsp3) is 0.632. The Morgan fingerprint density at radius 3 is 2.68 bits per heavy atom. The van der Waals surface area contributed by atoms with Gasteiger partial charge in [0.25, 0.3) is 5.89 Å². The van der Waals surface area contributed by atoms with Crippen molar-refractivity contribution in [2.75, 3.05) is 5.32 Å². The van der Waals surface area contributed by atoms with E-state index in [1.165, 1.54) is 10.9 Å². The molecule has 0 unspecified atom stereocenters. The Morgan fingerprint density at radius 1 is 1.19 bits per heavy atom. The lowest BCUT2D eigenvalue weighted by molar-refractivity contribution is -0.0451. The molecule has 12 heteroatoms. The number of anilines is 1. The van der Waals surface area contributed by atoms with Crippen LogP contribution in [0.15, 0.2) is 10.9 Å². The number of ether oxygens (including phenoxy) is 1. The molecule has 1 aliphatic carbocycles. The van der Waals surface area contributed by atoms with Gasteiger partial charge in [-0.25, -0.2) is 4.98 Å². The number of halogens is 1. The molecule has 4 heterocycles. The quantitative estimate of drug-likeness (QED) is 0.459. The van der Waals surface area contributed by atoms with Gasteiger partial charge >= 0.3 is 0 Å². The van der Waals surface area contributed by atoms with Gasteiger partial charge in [-0.05, 0) is 37.3 Å². The van der Waals surface area contributed by atoms with Crippen LogP contribution in [0.5, 0.6) is 0 Å². The molecule has 3 aromatic heterocycles. The number of aliphatic hydroxyl groups is 2. The van der Waals surface area contributed by atoms with E-state index in [1.54, 1.807) is 0 Å². The molecule has 0 radical (unpaired) electrons. The van der Waals surface area contributed by atoms with Crippen molar-refractivity contribution < 1.29 is 19.5 Å². The van der Waals surface area contributed by atoms with Crippen molar-refractivity contribution in [3.63, 3.8) is 0 Å². The molecule has 1 aliphatic heterocycles. The van der Waals surface area contributed by atoms with Gasteiger partial charge in [0.2, 0.25) is 5.28 Å². The number of rotatable bonds is 7. The number of imidazole rings is 1. The average Bonchev–Trinajstić information content (AvgIpc) is 3.23. The first kappa shape index (κ1) is 20.6. The third-order valence-electron chi connectivity index (χ3n) is 5.88. The molecule has 0 spiro atoms. The van der Waals surface area contributed by atoms with Gasteiger partial charge in [-0.1, -0.05) is 19.0 Å². The van der Waals surface area contributed by atoms with Crippen LogP contribution < -0.4 is 5.32 Å². The average molecular weight is 450 g/mol. The summed E-state index contributed by atoms with van der Waals surface area (Å²) < 4.78 is 12.8. The van der Waals surface area contributed by atoms with Gasteiger partial charge in [0.1, 0.15) is 12.2 Å². The Labute approximate surface area is 182 Å². The van der Waals surface area contributed by atoms with E-state index in [1.807, 2.05) is 0 Å². The highest BCUT2D eigenvalue weighted by atomic mass is 35.5. The lowest BCUT2D eigenvalue weighted by atomic mass is 10.1. The van der Waals surface area contributed by atoms with Gasteiger partial charge in [-0.15, -0.1) is 0 Å². The number of aromatic nitrogens is 6. The number of nitrogens with zero attached hydrogens (tertiary/aromatic N) is 6. The SMILES string of the molecule is CCC(CC)Nc1nc(Cl)nc2c1ncn2[C@@H]1O[C@H](c2nc(C3CC3)no2)[C@@H](O)[C@H]1O. The Hall–Kier alpha value is -2.34. The van der Waals surface area contributed by atoms with Crippen molar-refractivity contribution in [3.05, 3.63) is 23.3 Å². The minimum absolute atomic E-state index is 0.0401. The third-order valence-corrected chi connectivity index (χ3v) is 6.05. The lowest BCUT2D eigenvalue weighted by Gasteiger charge is -2.18. The molecule has 11 nitrogen and oxygen atoms in total. The van der Waals surface area contributed by atoms with Crippen LogP contribution in [0.4, 0.5) is 5.82 Å². The Balaban J connectivity index is 1.46. The van der Waals surface area contributed by atoms with E-state index >= 15 is 0 Å². The van der Waals surface area contributed by atoms with Crippen molar-refractivity contribution in [2.45, 2.75) is 76.0 Å². The first-order valence-electron chi connectivity index (χ1n) is 10.5. The van der Waals surface area contributed by atoms with Gasteiger partial charge < -0.3 is 24.8 Å². The predicted octanol–water partition coefficient (Wildman–Crippen LogP) is 2.33. The summed E-state index contributed by atoms with van der Waals surface area (Å²) in [7, 11) is 0. The zero-order valence-corrected chi connectivity index (χ0v) is 17.9. The molecule has 1 saturated heterocycles. The van der Waals surface area contributed by atoms with Gasteiger partial charge in [-0.2, -0.15) is 15.0 Å². The summed E-state index contributed by atoms with van der Waals surface area (Å²) in [5.74, 6) is 1.56. The van der Waals surface area contributed by atoms with E-state index in [0.717, 1.165) is 25.7 Å². The summed E-state index contributed by atoms with van der Waals surface area (Å²) in [4.78, 5) is 17.3. The lowest BCUT2D eigenvalue weighted by Crippen LogP contribution is -2.29. The second-order valence-corrected chi connectivity index (χ2v) is 8.35. The summed E-state index contributed by atoms with van der Waals surface area (Å²) in [6.45, 7) is 4.16. The van der Waals surface area contributed by atoms with Gasteiger partial charge in [0, 0.05) is 12.0 Å². The summed E-state index contributed by atoms with van der Waals surface area (Å²) in [5.41, 5.74) is 0.883. The monoisotopic (exact) mass is 449 g/mol. The van der Waals surface area contributed by atoms with E-state index in [0.29, 0.717) is 28.7 Å². The highest BCUT2D eigenvalue weighted by Crippen LogP contribution is 2.42. The maximum absolute atomic E-state index is 10.7. The van der Waals surface area contributed by atoms with Crippen LogP contribution in [-0.2, 0) is 4.74 Å². The van der Waals surface area contributed by atoms with Crippen molar-refractivity contribution in [2.24, 2.45) is 0 Å². The molecule has 0 amide bonds. The standard InChI is InChI=1S/C19H24ClN7O4/c1-3-9(4-2)22-15-10-16(25-19(20)24-15)27(7-21-10)18-12(29)11(28)13(30-18)17-23-14(26-31-17)8-5-6-8/h7-9,11-13,18,28-29H,3-6H2,1-2H3,(H,22,24,25)/t11-,12+,13-,18+/m0/s1. The van der Waals surface area contributed by atoms with Crippen LogP contribution in [0.25, 0.3) is 11.2 Å². The molecule has 2 aliphatic rings. The van der Waals surface area contributed by atoms with E-state index in [2.05, 4.69) is 44.3 Å². The summed E-state index contributed by atoms with van der Waals surface area (Å²) in [6, 6.07) is 0.206. The third kappa shape index (κ3) is 3.65. The van der Waals surface area contributed by atoms with Crippen LogP contribution in [0.3, 0.4) is 0 Å². The van der Waals surface area contributed by atoms with E-state index in [9.17, 15) is 10.2 Å². The number of aliphatic hydroxyl groups excluding tert-OH is 2. The smallest absolute Gasteiger partial charge is 0.258 e. The fourth-order valence-electron chi connectivity index (χ4n) is 3.83. The van der Waals surface area contributed by atoms with Crippen molar-refractivity contribution in [3.8, 4) is 0 Å². The van der Waals surface area contributed by atoms with E-state index in [4.69, 9.17) is 20.9 Å². The Morgan fingerprint density at radius 2 is 1.97 bits per heavy atom. The number of nitrogens with one attached hydrogen (secondary N) is 1. The second kappa shape index (κ2) is 7.97. The maximum atomic E-state index is 10.7. The number of hydrogen-bond donors (Lipinski definition) is 3. The van der Waals surface area contributed by atoms with E-state index < -0.39 is 24.5 Å². The van der Waals surface area contributed by atoms with E-state index in [-0.39, 0.29) is 17.2 Å². The molecular formula is C19H24ClN7O4. The topological polar surface area (TPSA) is 144 Å². The van der Waals surface area contributed by atoms with Crippen LogP contribution in [0.1, 0.15) is 69.5 Å². The van der Waals surface area contributed by atoms with Crippen molar-refractivity contribution in [1.82, 2.24) is 29.7 Å². The molecular weight excluding hydrogens is 426 g/mol. The van der Waals surface area contributed by atoms with Gasteiger partial charge in [0.15, 0.2) is 35.1 Å². The Bertz CT molecular complexity index is 1080. The number of fused-ring (bicyclic) bond motifs is 1. The van der Waals surface area contributed by atoms with Crippen LogP contribution in [0.2, 0.25) is 5.28 Å². The van der Waals surface area contributed by atoms with Crippen LogP contribution in [-0.4, -0.2) is 58.1 Å². The van der Waals surface area contributed by atoms with Crippen LogP contribution >= 0.6 is 11.6 Å². The fourth-order valence-corrected chi connectivity index (χ4v) is 3.99. The normalized spacial score (nSPS) is 26.3. The molecule has 2 fully saturated rings. The summed E-state index contributed by atoms with van der Waals surface area (Å²) in [6.07, 6.45) is 0.903. The molecule has 166 valence electrons. The number of hydrogen-bond acceptors (Lipinski definition) is 10. The molecule has 0 bridgehead atoms. The minimum atomic E-state index is -1.26. The summed E-state index contributed by atoms with van der Waals surface area (Å²) >= 11 is 6.17. The van der Waals surface area contributed by atoms with Crippen molar-refractivity contribution >= 4 is 28.6 Å². The maximum Gasteiger partial charge on any atom is 0.258 e. The second-order valence-electron chi connectivity index (χ2n) is 8.02. The van der Waals surface area contributed by atoms with Gasteiger partial charge in [-0.3, -0.25) is 4.57 Å². The molecule has 0 aromatic carbocycles. The minimum Gasteiger partial charge on any atom is -0.387 e. The molecule has 4 atom stereocenters.